The van der Waals surface area contributed by atoms with Crippen LogP contribution in [0.2, 0.25) is 0 Å². The number of rotatable bonds is 4. The molecule has 10 heavy (non-hydrogen) atoms. The van der Waals surface area contributed by atoms with Crippen LogP contribution >= 0.6 is 0 Å². The van der Waals surface area contributed by atoms with E-state index in [1.165, 1.54) is 0 Å². The summed E-state index contributed by atoms with van der Waals surface area (Å²) in [5.74, 6) is 0. The lowest BCUT2D eigenvalue weighted by Crippen LogP contribution is -2.39. The third-order valence-electron chi connectivity index (χ3n) is 1.24. The Balaban J connectivity index is 3.50. The smallest absolute Gasteiger partial charge is 0.0937 e. The Kier molecular flexibility index (Phi) is 4.55. The minimum atomic E-state index is -0.803. The van der Waals surface area contributed by atoms with Crippen LogP contribution in [0.25, 0.3) is 0 Å². The minimum Gasteiger partial charge on any atom is -0.389 e. The molecule has 0 amide bonds. The summed E-state index contributed by atoms with van der Waals surface area (Å²) in [4.78, 5) is 1.80. The van der Waals surface area contributed by atoms with E-state index in [-0.39, 0.29) is 6.54 Å². The summed E-state index contributed by atoms with van der Waals surface area (Å²) in [6.45, 7) is 0.549. The van der Waals surface area contributed by atoms with E-state index >= 15 is 0 Å². The zero-order valence-corrected chi connectivity index (χ0v) is 6.49. The van der Waals surface area contributed by atoms with E-state index in [1.54, 1.807) is 4.90 Å². The molecule has 0 bridgehead atoms. The molecule has 0 aliphatic rings. The van der Waals surface area contributed by atoms with Crippen molar-refractivity contribution < 1.29 is 10.2 Å². The van der Waals surface area contributed by atoms with Crippen LogP contribution in [-0.4, -0.2) is 54.5 Å². The van der Waals surface area contributed by atoms with Gasteiger partial charge in [0.1, 0.15) is 0 Å². The normalized spacial score (nSPS) is 17.4. The first-order valence-electron chi connectivity index (χ1n) is 3.29. The molecule has 4 N–H and O–H groups in total. The molecule has 2 atom stereocenters. The molecule has 0 spiro atoms. The highest BCUT2D eigenvalue weighted by atomic mass is 16.3. The van der Waals surface area contributed by atoms with E-state index in [2.05, 4.69) is 0 Å². The number of nitrogens with zero attached hydrogens (tertiary/aromatic N) is 1. The van der Waals surface area contributed by atoms with Crippen molar-refractivity contribution in [2.45, 2.75) is 12.2 Å². The fourth-order valence-electron chi connectivity index (χ4n) is 0.653. The van der Waals surface area contributed by atoms with Crippen molar-refractivity contribution >= 4 is 0 Å². The zero-order chi connectivity index (χ0) is 8.15. The van der Waals surface area contributed by atoms with Gasteiger partial charge in [-0.15, -0.1) is 0 Å². The molecule has 0 aliphatic heterocycles. The molecule has 0 aromatic rings. The average molecular weight is 148 g/mol. The fraction of sp³-hybridized carbons (Fsp3) is 1.00. The second-order valence-electron chi connectivity index (χ2n) is 2.63. The molecule has 0 saturated carbocycles. The van der Waals surface area contributed by atoms with Crippen molar-refractivity contribution in [2.75, 3.05) is 27.2 Å². The van der Waals surface area contributed by atoms with Crippen molar-refractivity contribution in [3.8, 4) is 0 Å². The van der Waals surface area contributed by atoms with Crippen LogP contribution in [0.1, 0.15) is 0 Å². The summed E-state index contributed by atoms with van der Waals surface area (Å²) in [6, 6.07) is 0. The van der Waals surface area contributed by atoms with Gasteiger partial charge < -0.3 is 20.8 Å². The topological polar surface area (TPSA) is 69.7 Å². The monoisotopic (exact) mass is 148 g/mol. The number of hydrogen-bond donors (Lipinski definition) is 3. The van der Waals surface area contributed by atoms with Crippen molar-refractivity contribution in [3.63, 3.8) is 0 Å². The molecule has 0 saturated heterocycles. The highest BCUT2D eigenvalue weighted by Gasteiger charge is 2.14. The maximum Gasteiger partial charge on any atom is 0.0937 e. The van der Waals surface area contributed by atoms with Crippen LogP contribution in [0.3, 0.4) is 0 Å². The first kappa shape index (κ1) is 9.84. The second-order valence-corrected chi connectivity index (χ2v) is 2.63. The van der Waals surface area contributed by atoms with Gasteiger partial charge in [-0.3, -0.25) is 0 Å². The molecule has 2 unspecified atom stereocenters. The molecule has 62 valence electrons. The van der Waals surface area contributed by atoms with E-state index in [0.717, 1.165) is 0 Å². The molecular weight excluding hydrogens is 132 g/mol. The number of hydrogen-bond acceptors (Lipinski definition) is 4. The molecule has 0 rings (SSSR count). The van der Waals surface area contributed by atoms with E-state index in [0.29, 0.717) is 6.54 Å². The molecule has 0 radical (unpaired) electrons. The lowest BCUT2D eigenvalue weighted by molar-refractivity contribution is 0.0109. The standard InChI is InChI=1S/C6H16N2O2/c1-8(2)4-6(10)5(9)3-7/h5-6,9-10H,3-4,7H2,1-2H3. The van der Waals surface area contributed by atoms with Crippen molar-refractivity contribution in [3.05, 3.63) is 0 Å². The third kappa shape index (κ3) is 3.79. The summed E-state index contributed by atoms with van der Waals surface area (Å²) in [5.41, 5.74) is 5.12. The Morgan fingerprint density at radius 3 is 2.10 bits per heavy atom. The van der Waals surface area contributed by atoms with Gasteiger partial charge in [0.25, 0.3) is 0 Å². The van der Waals surface area contributed by atoms with Gasteiger partial charge in [0.2, 0.25) is 0 Å². The summed E-state index contributed by atoms with van der Waals surface area (Å²) >= 11 is 0. The predicted octanol–water partition coefficient (Wildman–Crippen LogP) is -1.77. The van der Waals surface area contributed by atoms with E-state index in [1.807, 2.05) is 14.1 Å². The molecule has 0 aromatic carbocycles. The van der Waals surface area contributed by atoms with Gasteiger partial charge in [-0.2, -0.15) is 0 Å². The van der Waals surface area contributed by atoms with Gasteiger partial charge in [0.05, 0.1) is 12.2 Å². The van der Waals surface area contributed by atoms with E-state index in [4.69, 9.17) is 15.9 Å². The Morgan fingerprint density at radius 2 is 1.80 bits per heavy atom. The quantitative estimate of drug-likeness (QED) is 0.441. The van der Waals surface area contributed by atoms with Gasteiger partial charge in [-0.1, -0.05) is 0 Å². The molecule has 0 heterocycles. The number of aliphatic hydroxyl groups is 2. The molecule has 4 heteroatoms. The van der Waals surface area contributed by atoms with Gasteiger partial charge in [0, 0.05) is 13.1 Å². The number of aliphatic hydroxyl groups excluding tert-OH is 2. The minimum absolute atomic E-state index is 0.106. The molecule has 0 aromatic heterocycles. The van der Waals surface area contributed by atoms with Crippen LogP contribution in [0, 0.1) is 0 Å². The van der Waals surface area contributed by atoms with Gasteiger partial charge >= 0.3 is 0 Å². The SMILES string of the molecule is CN(C)CC(O)C(O)CN. The van der Waals surface area contributed by atoms with Crippen LogP contribution in [-0.2, 0) is 0 Å². The van der Waals surface area contributed by atoms with Gasteiger partial charge in [-0.25, -0.2) is 0 Å². The average Bonchev–Trinajstić information content (AvgIpc) is 1.85. The highest BCUT2D eigenvalue weighted by Crippen LogP contribution is 1.92. The Hall–Kier alpha value is -0.160. The Morgan fingerprint density at radius 1 is 1.30 bits per heavy atom. The summed E-state index contributed by atoms with van der Waals surface area (Å²) in [5, 5.41) is 18.1. The van der Waals surface area contributed by atoms with Crippen LogP contribution in [0.4, 0.5) is 0 Å². The third-order valence-corrected chi connectivity index (χ3v) is 1.24. The van der Waals surface area contributed by atoms with Crippen LogP contribution < -0.4 is 5.73 Å². The fourth-order valence-corrected chi connectivity index (χ4v) is 0.653. The summed E-state index contributed by atoms with van der Waals surface area (Å²) in [6.07, 6.45) is -1.54. The molecular formula is C6H16N2O2. The molecule has 0 fully saturated rings. The van der Waals surface area contributed by atoms with Crippen LogP contribution in [0.15, 0.2) is 0 Å². The Bertz CT molecular complexity index is 87.8. The Labute approximate surface area is 61.3 Å². The first-order valence-corrected chi connectivity index (χ1v) is 3.29. The van der Waals surface area contributed by atoms with E-state index < -0.39 is 12.2 Å². The summed E-state index contributed by atoms with van der Waals surface area (Å²) < 4.78 is 0. The van der Waals surface area contributed by atoms with Crippen LogP contribution in [0.5, 0.6) is 0 Å². The van der Waals surface area contributed by atoms with Crippen molar-refractivity contribution in [1.82, 2.24) is 4.90 Å². The molecule has 4 nitrogen and oxygen atoms in total. The molecule has 0 aliphatic carbocycles. The second kappa shape index (κ2) is 4.62. The van der Waals surface area contributed by atoms with Gasteiger partial charge in [-0.05, 0) is 14.1 Å². The van der Waals surface area contributed by atoms with Crippen molar-refractivity contribution in [1.29, 1.82) is 0 Å². The lowest BCUT2D eigenvalue weighted by atomic mass is 10.2. The highest BCUT2D eigenvalue weighted by molar-refractivity contribution is 4.69. The maximum absolute atomic E-state index is 9.12. The first-order chi connectivity index (χ1) is 4.57. The summed E-state index contributed by atoms with van der Waals surface area (Å²) in [7, 11) is 3.65. The zero-order valence-electron chi connectivity index (χ0n) is 6.49. The van der Waals surface area contributed by atoms with Crippen molar-refractivity contribution in [2.24, 2.45) is 5.73 Å². The predicted molar refractivity (Wildman–Crippen MR) is 39.6 cm³/mol. The van der Waals surface area contributed by atoms with Gasteiger partial charge in [0.15, 0.2) is 0 Å². The largest absolute Gasteiger partial charge is 0.389 e. The lowest BCUT2D eigenvalue weighted by Gasteiger charge is -2.19. The number of nitrogens with two attached hydrogens (primary N) is 1. The number of likely N-dealkylation sites (N-methyl/N-ethyl adjacent to an activating group) is 1. The van der Waals surface area contributed by atoms with E-state index in [9.17, 15) is 0 Å². The maximum atomic E-state index is 9.12.